The molecular formula is C17H14BrCl2NO3. The van der Waals surface area contributed by atoms with Crippen molar-refractivity contribution >= 4 is 56.7 Å². The molecule has 0 saturated heterocycles. The number of ether oxygens (including phenoxy) is 1. The molecule has 0 radical (unpaired) electrons. The van der Waals surface area contributed by atoms with Crippen molar-refractivity contribution in [2.75, 3.05) is 5.32 Å². The van der Waals surface area contributed by atoms with Crippen LogP contribution in [0.25, 0.3) is 0 Å². The number of hydrogen-bond donors (Lipinski definition) is 1. The Labute approximate surface area is 158 Å². The number of benzene rings is 2. The summed E-state index contributed by atoms with van der Waals surface area (Å²) >= 11 is 15.1. The average molecular weight is 431 g/mol. The highest BCUT2D eigenvalue weighted by Gasteiger charge is 2.14. The van der Waals surface area contributed by atoms with E-state index in [0.717, 1.165) is 0 Å². The van der Waals surface area contributed by atoms with Gasteiger partial charge in [-0.1, -0.05) is 23.2 Å². The highest BCUT2D eigenvalue weighted by atomic mass is 79.9. The lowest BCUT2D eigenvalue weighted by Crippen LogP contribution is -2.14. The minimum atomic E-state index is -0.426. The maximum atomic E-state index is 12.3. The molecule has 0 bridgehead atoms. The maximum absolute atomic E-state index is 12.3. The number of amides is 1. The Morgan fingerprint density at radius 1 is 1.04 bits per heavy atom. The van der Waals surface area contributed by atoms with Gasteiger partial charge in [0.15, 0.2) is 0 Å². The van der Waals surface area contributed by atoms with E-state index in [1.807, 2.05) is 0 Å². The van der Waals surface area contributed by atoms with Crippen molar-refractivity contribution in [3.05, 3.63) is 62.0 Å². The number of carbonyl (C=O) groups is 2. The van der Waals surface area contributed by atoms with Gasteiger partial charge < -0.3 is 10.1 Å². The van der Waals surface area contributed by atoms with E-state index in [0.29, 0.717) is 31.3 Å². The zero-order valence-electron chi connectivity index (χ0n) is 12.9. The first-order valence-electron chi connectivity index (χ1n) is 7.04. The van der Waals surface area contributed by atoms with E-state index in [-0.39, 0.29) is 12.0 Å². The molecule has 1 N–H and O–H groups in total. The molecule has 0 spiro atoms. The number of anilines is 1. The topological polar surface area (TPSA) is 55.4 Å². The van der Waals surface area contributed by atoms with Crippen molar-refractivity contribution in [2.45, 2.75) is 20.0 Å². The third-order valence-corrected chi connectivity index (χ3v) is 4.01. The molecule has 0 atom stereocenters. The van der Waals surface area contributed by atoms with Crippen molar-refractivity contribution in [1.29, 1.82) is 0 Å². The first-order valence-corrected chi connectivity index (χ1v) is 8.59. The molecule has 7 heteroatoms. The van der Waals surface area contributed by atoms with Gasteiger partial charge in [-0.2, -0.15) is 0 Å². The van der Waals surface area contributed by atoms with Crippen LogP contribution in [0.4, 0.5) is 5.69 Å². The van der Waals surface area contributed by atoms with Crippen LogP contribution in [0.3, 0.4) is 0 Å². The van der Waals surface area contributed by atoms with Gasteiger partial charge in [0.2, 0.25) is 0 Å². The van der Waals surface area contributed by atoms with Gasteiger partial charge in [-0.25, -0.2) is 4.79 Å². The van der Waals surface area contributed by atoms with Crippen LogP contribution in [-0.4, -0.2) is 18.0 Å². The van der Waals surface area contributed by atoms with Crippen LogP contribution in [0, 0.1) is 0 Å². The van der Waals surface area contributed by atoms with Crippen molar-refractivity contribution in [2.24, 2.45) is 0 Å². The fraction of sp³-hybridized carbons (Fsp3) is 0.176. The van der Waals surface area contributed by atoms with Crippen LogP contribution < -0.4 is 5.32 Å². The Morgan fingerprint density at radius 2 is 1.67 bits per heavy atom. The van der Waals surface area contributed by atoms with Crippen LogP contribution >= 0.6 is 39.1 Å². The maximum Gasteiger partial charge on any atom is 0.338 e. The lowest BCUT2D eigenvalue weighted by molar-refractivity contribution is 0.0378. The molecule has 24 heavy (non-hydrogen) atoms. The molecule has 0 aromatic heterocycles. The fourth-order valence-electron chi connectivity index (χ4n) is 1.90. The van der Waals surface area contributed by atoms with Gasteiger partial charge in [-0.3, -0.25) is 4.79 Å². The quantitative estimate of drug-likeness (QED) is 0.644. The number of carbonyl (C=O) groups excluding carboxylic acids is 2. The van der Waals surface area contributed by atoms with Crippen LogP contribution in [0.5, 0.6) is 0 Å². The number of esters is 1. The van der Waals surface area contributed by atoms with Gasteiger partial charge in [0.25, 0.3) is 5.91 Å². The summed E-state index contributed by atoms with van der Waals surface area (Å²) in [5, 5.41) is 3.48. The van der Waals surface area contributed by atoms with Gasteiger partial charge in [0.1, 0.15) is 0 Å². The summed E-state index contributed by atoms with van der Waals surface area (Å²) in [5.41, 5.74) is 1.24. The largest absolute Gasteiger partial charge is 0.459 e. The highest BCUT2D eigenvalue weighted by molar-refractivity contribution is 9.10. The standard InChI is InChI=1S/C17H14BrCl2NO3/c1-9(2)24-17(23)10-3-4-15(14(18)7-10)21-16(22)11-5-12(19)8-13(20)6-11/h3-9H,1-2H3,(H,21,22). The predicted octanol–water partition coefficient (Wildman–Crippen LogP) is 5.57. The van der Waals surface area contributed by atoms with E-state index in [9.17, 15) is 9.59 Å². The van der Waals surface area contributed by atoms with Crippen LogP contribution in [-0.2, 0) is 4.74 Å². The van der Waals surface area contributed by atoms with Gasteiger partial charge in [0.05, 0.1) is 17.4 Å². The third kappa shape index (κ3) is 4.97. The first kappa shape index (κ1) is 18.8. The lowest BCUT2D eigenvalue weighted by atomic mass is 10.2. The van der Waals surface area contributed by atoms with Gasteiger partial charge >= 0.3 is 5.97 Å². The minimum absolute atomic E-state index is 0.205. The minimum Gasteiger partial charge on any atom is -0.459 e. The smallest absolute Gasteiger partial charge is 0.338 e. The zero-order chi connectivity index (χ0) is 17.9. The van der Waals surface area contributed by atoms with Gasteiger partial charge in [-0.15, -0.1) is 0 Å². The Hall–Kier alpha value is -1.56. The molecule has 4 nitrogen and oxygen atoms in total. The zero-order valence-corrected chi connectivity index (χ0v) is 16.0. The Bertz CT molecular complexity index is 773. The summed E-state index contributed by atoms with van der Waals surface area (Å²) in [6, 6.07) is 9.37. The third-order valence-electron chi connectivity index (χ3n) is 2.92. The van der Waals surface area contributed by atoms with E-state index in [2.05, 4.69) is 21.2 Å². The van der Waals surface area contributed by atoms with Crippen molar-refractivity contribution in [3.8, 4) is 0 Å². The molecule has 2 aromatic carbocycles. The predicted molar refractivity (Wildman–Crippen MR) is 99.1 cm³/mol. The number of rotatable bonds is 4. The Balaban J connectivity index is 2.18. The number of nitrogens with one attached hydrogen (secondary N) is 1. The molecule has 1 amide bonds. The van der Waals surface area contributed by atoms with Crippen molar-refractivity contribution < 1.29 is 14.3 Å². The second-order valence-electron chi connectivity index (χ2n) is 5.26. The molecule has 0 saturated carbocycles. The number of halogens is 3. The summed E-state index contributed by atoms with van der Waals surface area (Å²) in [6.45, 7) is 3.55. The summed E-state index contributed by atoms with van der Waals surface area (Å²) in [4.78, 5) is 24.2. The fourth-order valence-corrected chi connectivity index (χ4v) is 2.91. The Morgan fingerprint density at radius 3 is 2.21 bits per heavy atom. The van der Waals surface area contributed by atoms with E-state index in [1.165, 1.54) is 12.1 Å². The van der Waals surface area contributed by atoms with E-state index >= 15 is 0 Å². The molecule has 2 rings (SSSR count). The molecule has 0 aliphatic rings. The summed E-state index contributed by atoms with van der Waals surface area (Å²) in [5.74, 6) is -0.789. The molecule has 126 valence electrons. The molecule has 0 aliphatic carbocycles. The summed E-state index contributed by atoms with van der Waals surface area (Å²) < 4.78 is 5.69. The first-order chi connectivity index (χ1) is 11.3. The van der Waals surface area contributed by atoms with Gasteiger partial charge in [-0.05, 0) is 66.2 Å². The van der Waals surface area contributed by atoms with E-state index in [4.69, 9.17) is 27.9 Å². The van der Waals surface area contributed by atoms with Gasteiger partial charge in [0, 0.05) is 20.1 Å². The summed E-state index contributed by atoms with van der Waals surface area (Å²) in [7, 11) is 0. The molecular weight excluding hydrogens is 417 g/mol. The van der Waals surface area contributed by atoms with Crippen molar-refractivity contribution in [1.82, 2.24) is 0 Å². The lowest BCUT2D eigenvalue weighted by Gasteiger charge is -2.11. The average Bonchev–Trinajstić information content (AvgIpc) is 2.47. The number of hydrogen-bond acceptors (Lipinski definition) is 3. The normalized spacial score (nSPS) is 10.6. The highest BCUT2D eigenvalue weighted by Crippen LogP contribution is 2.26. The van der Waals surface area contributed by atoms with Crippen LogP contribution in [0.2, 0.25) is 10.0 Å². The van der Waals surface area contributed by atoms with Crippen molar-refractivity contribution in [3.63, 3.8) is 0 Å². The molecule has 0 heterocycles. The molecule has 0 aliphatic heterocycles. The molecule has 2 aromatic rings. The Kier molecular flexibility index (Phi) is 6.27. The van der Waals surface area contributed by atoms with E-state index < -0.39 is 5.97 Å². The second kappa shape index (κ2) is 8.01. The SMILES string of the molecule is CC(C)OC(=O)c1ccc(NC(=O)c2cc(Cl)cc(Cl)c2)c(Br)c1. The van der Waals surface area contributed by atoms with Crippen LogP contribution in [0.1, 0.15) is 34.6 Å². The molecule has 0 unspecified atom stereocenters. The second-order valence-corrected chi connectivity index (χ2v) is 6.99. The van der Waals surface area contributed by atoms with E-state index in [1.54, 1.807) is 38.1 Å². The summed E-state index contributed by atoms with van der Waals surface area (Å²) in [6.07, 6.45) is -0.205. The molecule has 0 fully saturated rings. The monoisotopic (exact) mass is 429 g/mol. The van der Waals surface area contributed by atoms with Crippen LogP contribution in [0.15, 0.2) is 40.9 Å².